The van der Waals surface area contributed by atoms with Gasteiger partial charge in [0.1, 0.15) is 10.8 Å². The number of aromatic amines is 1. The zero-order valence-electron chi connectivity index (χ0n) is 17.6. The molecule has 4 rings (SSSR count). The lowest BCUT2D eigenvalue weighted by Gasteiger charge is -2.20. The summed E-state index contributed by atoms with van der Waals surface area (Å²) >= 11 is 1.55. The SMILES string of the molecule is COc1ccccc1[C@H](Nc1cccc[nH+]1)c1c(NC(=O)c2ccco2)sc(C)c1C. The van der Waals surface area contributed by atoms with E-state index in [9.17, 15) is 4.79 Å². The standard InChI is InChI=1S/C24H23N3O3S/c1-15-16(2)31-24(27-23(28)19-11-8-14-30-19)21(15)22(26-20-12-6-7-13-25-20)17-9-4-5-10-18(17)29-3/h4-14,22H,1-3H3,(H,25,26)(H,27,28)/p+1/t22-/m0/s1. The number of aryl methyl sites for hydroxylation is 1. The van der Waals surface area contributed by atoms with Gasteiger partial charge in [0, 0.05) is 22.1 Å². The molecule has 158 valence electrons. The van der Waals surface area contributed by atoms with E-state index < -0.39 is 0 Å². The molecular formula is C24H24N3O3S+. The molecule has 0 bridgehead atoms. The van der Waals surface area contributed by atoms with Crippen LogP contribution >= 0.6 is 11.3 Å². The number of H-pyrrole nitrogens is 1. The Kier molecular flexibility index (Phi) is 6.04. The van der Waals surface area contributed by atoms with Gasteiger partial charge in [0.2, 0.25) is 0 Å². The molecule has 31 heavy (non-hydrogen) atoms. The molecule has 0 fully saturated rings. The highest BCUT2D eigenvalue weighted by Gasteiger charge is 2.30. The van der Waals surface area contributed by atoms with Gasteiger partial charge in [0.05, 0.1) is 19.6 Å². The topological polar surface area (TPSA) is 77.6 Å². The second kappa shape index (κ2) is 9.06. The first-order valence-corrected chi connectivity index (χ1v) is 10.7. The van der Waals surface area contributed by atoms with Crippen LogP contribution in [0.25, 0.3) is 0 Å². The van der Waals surface area contributed by atoms with Gasteiger partial charge >= 0.3 is 0 Å². The van der Waals surface area contributed by atoms with Crippen molar-refractivity contribution in [3.63, 3.8) is 0 Å². The van der Waals surface area contributed by atoms with Gasteiger partial charge in [-0.15, -0.1) is 11.3 Å². The predicted molar refractivity (Wildman–Crippen MR) is 122 cm³/mol. The molecule has 0 aliphatic heterocycles. The number of carbonyl (C=O) groups excluding carboxylic acids is 1. The quantitative estimate of drug-likeness (QED) is 0.417. The molecule has 3 heterocycles. The number of carbonyl (C=O) groups is 1. The van der Waals surface area contributed by atoms with Crippen molar-refractivity contribution in [2.75, 3.05) is 17.7 Å². The molecule has 1 aromatic carbocycles. The number of anilines is 2. The molecule has 0 aliphatic rings. The number of methoxy groups -OCH3 is 1. The summed E-state index contributed by atoms with van der Waals surface area (Å²) in [4.78, 5) is 17.1. The van der Waals surface area contributed by atoms with Gasteiger partial charge in [-0.05, 0) is 43.7 Å². The number of ether oxygens (including phenoxy) is 1. The summed E-state index contributed by atoms with van der Waals surface area (Å²) < 4.78 is 10.9. The number of hydrogen-bond acceptors (Lipinski definition) is 5. The van der Waals surface area contributed by atoms with E-state index in [-0.39, 0.29) is 17.7 Å². The minimum absolute atomic E-state index is 0.258. The molecule has 1 atom stereocenters. The number of hydrogen-bond donors (Lipinski definition) is 2. The van der Waals surface area contributed by atoms with Gasteiger partial charge < -0.3 is 14.5 Å². The summed E-state index contributed by atoms with van der Waals surface area (Å²) in [5.74, 6) is 1.61. The van der Waals surface area contributed by atoms with Crippen molar-refractivity contribution in [2.45, 2.75) is 19.9 Å². The fourth-order valence-electron chi connectivity index (χ4n) is 3.51. The van der Waals surface area contributed by atoms with E-state index in [1.165, 1.54) is 6.26 Å². The average Bonchev–Trinajstić information content (AvgIpc) is 3.42. The first kappa shape index (κ1) is 20.7. The number of furan rings is 1. The van der Waals surface area contributed by atoms with E-state index in [2.05, 4.69) is 29.5 Å². The third kappa shape index (κ3) is 4.32. The van der Waals surface area contributed by atoms with Gasteiger partial charge in [0.25, 0.3) is 11.7 Å². The van der Waals surface area contributed by atoms with Crippen molar-refractivity contribution in [1.82, 2.24) is 0 Å². The third-order valence-electron chi connectivity index (χ3n) is 5.15. The van der Waals surface area contributed by atoms with E-state index in [0.29, 0.717) is 0 Å². The first-order valence-electron chi connectivity index (χ1n) is 9.89. The Hall–Kier alpha value is -3.58. The monoisotopic (exact) mass is 434 g/mol. The molecule has 0 aliphatic carbocycles. The van der Waals surface area contributed by atoms with Crippen LogP contribution in [0, 0.1) is 13.8 Å². The third-order valence-corrected chi connectivity index (χ3v) is 6.29. The van der Waals surface area contributed by atoms with E-state index in [1.807, 2.05) is 48.7 Å². The summed E-state index contributed by atoms with van der Waals surface area (Å²) in [5.41, 5.74) is 3.07. The van der Waals surface area contributed by atoms with Gasteiger partial charge in [0.15, 0.2) is 11.8 Å². The van der Waals surface area contributed by atoms with Crippen LogP contribution < -0.4 is 20.4 Å². The van der Waals surface area contributed by atoms with Crippen LogP contribution in [0.2, 0.25) is 0 Å². The second-order valence-electron chi connectivity index (χ2n) is 7.05. The Morgan fingerprint density at radius 2 is 1.90 bits per heavy atom. The van der Waals surface area contributed by atoms with Gasteiger partial charge in [-0.2, -0.15) is 0 Å². The van der Waals surface area contributed by atoms with Gasteiger partial charge in [-0.3, -0.25) is 10.1 Å². The largest absolute Gasteiger partial charge is 0.496 e. The van der Waals surface area contributed by atoms with Crippen molar-refractivity contribution in [3.8, 4) is 5.75 Å². The van der Waals surface area contributed by atoms with E-state index >= 15 is 0 Å². The highest BCUT2D eigenvalue weighted by molar-refractivity contribution is 7.16. The summed E-state index contributed by atoms with van der Waals surface area (Å²) in [6.45, 7) is 4.13. The van der Waals surface area contributed by atoms with E-state index in [1.54, 1.807) is 30.6 Å². The van der Waals surface area contributed by atoms with Crippen molar-refractivity contribution in [1.29, 1.82) is 0 Å². The van der Waals surface area contributed by atoms with Crippen molar-refractivity contribution in [3.05, 3.63) is 94.4 Å². The fraction of sp³-hybridized carbons (Fsp3) is 0.167. The highest BCUT2D eigenvalue weighted by atomic mass is 32.1. The molecule has 0 saturated heterocycles. The number of rotatable bonds is 7. The van der Waals surface area contributed by atoms with E-state index in [4.69, 9.17) is 9.15 Å². The Labute approximate surface area is 184 Å². The molecule has 3 aromatic heterocycles. The maximum absolute atomic E-state index is 12.7. The summed E-state index contributed by atoms with van der Waals surface area (Å²) in [6, 6.07) is 16.9. The second-order valence-corrected chi connectivity index (χ2v) is 8.28. The predicted octanol–water partition coefficient (Wildman–Crippen LogP) is 5.23. The van der Waals surface area contributed by atoms with Crippen LogP contribution in [0.5, 0.6) is 5.75 Å². The van der Waals surface area contributed by atoms with Crippen LogP contribution in [-0.2, 0) is 0 Å². The number of amides is 1. The normalized spacial score (nSPS) is 11.7. The Morgan fingerprint density at radius 3 is 2.61 bits per heavy atom. The number of nitrogens with one attached hydrogen (secondary N) is 3. The lowest BCUT2D eigenvalue weighted by molar-refractivity contribution is -0.361. The van der Waals surface area contributed by atoms with Crippen LogP contribution in [0.3, 0.4) is 0 Å². The number of para-hydroxylation sites is 1. The number of benzene rings is 1. The lowest BCUT2D eigenvalue weighted by Crippen LogP contribution is -2.21. The molecule has 0 unspecified atom stereocenters. The molecule has 6 nitrogen and oxygen atoms in total. The molecule has 3 N–H and O–H groups in total. The molecule has 1 amide bonds. The maximum Gasteiger partial charge on any atom is 0.291 e. The summed E-state index contributed by atoms with van der Waals surface area (Å²) in [7, 11) is 1.66. The molecule has 4 aromatic rings. The smallest absolute Gasteiger partial charge is 0.291 e. The minimum Gasteiger partial charge on any atom is -0.496 e. The van der Waals surface area contributed by atoms with Crippen molar-refractivity contribution >= 4 is 28.1 Å². The Balaban J connectivity index is 1.82. The zero-order chi connectivity index (χ0) is 21.8. The van der Waals surface area contributed by atoms with Crippen LogP contribution in [0.4, 0.5) is 10.8 Å². The molecule has 0 radical (unpaired) electrons. The van der Waals surface area contributed by atoms with Crippen molar-refractivity contribution in [2.24, 2.45) is 0 Å². The molecule has 0 saturated carbocycles. The Bertz CT molecular complexity index is 1170. The van der Waals surface area contributed by atoms with Crippen LogP contribution in [0.1, 0.15) is 38.2 Å². The number of thiophene rings is 1. The highest BCUT2D eigenvalue weighted by Crippen LogP contribution is 2.42. The minimum atomic E-state index is -0.280. The zero-order valence-corrected chi connectivity index (χ0v) is 18.4. The van der Waals surface area contributed by atoms with Gasteiger partial charge in [-0.25, -0.2) is 4.98 Å². The molecule has 7 heteroatoms. The lowest BCUT2D eigenvalue weighted by atomic mass is 9.95. The van der Waals surface area contributed by atoms with Gasteiger partial charge in [-0.1, -0.05) is 24.3 Å². The number of pyridine rings is 1. The average molecular weight is 435 g/mol. The number of aromatic nitrogens is 1. The van der Waals surface area contributed by atoms with Crippen LogP contribution in [-0.4, -0.2) is 13.0 Å². The van der Waals surface area contributed by atoms with Crippen molar-refractivity contribution < 1.29 is 18.9 Å². The summed E-state index contributed by atoms with van der Waals surface area (Å²) in [5, 5.41) is 7.40. The molecular weight excluding hydrogens is 410 g/mol. The summed E-state index contributed by atoms with van der Waals surface area (Å²) in [6.07, 6.45) is 3.36. The first-order chi connectivity index (χ1) is 15.1. The molecule has 0 spiro atoms. The van der Waals surface area contributed by atoms with E-state index in [0.717, 1.165) is 38.1 Å². The van der Waals surface area contributed by atoms with Crippen LogP contribution in [0.15, 0.2) is 71.5 Å². The fourth-order valence-corrected chi connectivity index (χ4v) is 4.60. The Morgan fingerprint density at radius 1 is 1.10 bits per heavy atom. The maximum atomic E-state index is 12.7.